The number of para-hydroxylation sites is 1. The van der Waals surface area contributed by atoms with Crippen molar-refractivity contribution < 1.29 is 4.42 Å². The van der Waals surface area contributed by atoms with Crippen LogP contribution in [-0.2, 0) is 0 Å². The zero-order valence-electron chi connectivity index (χ0n) is 13.3. The lowest BCUT2D eigenvalue weighted by Crippen LogP contribution is -1.95. The summed E-state index contributed by atoms with van der Waals surface area (Å²) in [5.74, 6) is 0.835. The van der Waals surface area contributed by atoms with E-state index in [1.165, 1.54) is 5.39 Å². The highest BCUT2D eigenvalue weighted by molar-refractivity contribution is 6.30. The lowest BCUT2D eigenvalue weighted by Gasteiger charge is -2.09. The molecular weight excluding hydrogens is 330 g/mol. The van der Waals surface area contributed by atoms with E-state index in [1.54, 1.807) is 0 Å². The fourth-order valence-corrected chi connectivity index (χ4v) is 3.48. The standard InChI is InChI=1S/C22H14ClNO/c23-18-11-9-15(10-12-18)21-13-16-5-2-4-8-20(16)24(21)22-19-7-3-1-6-17(19)14-25-22/h1-14H. The molecule has 0 aliphatic rings. The van der Waals surface area contributed by atoms with Gasteiger partial charge in [0.2, 0.25) is 5.88 Å². The normalized spacial score (nSPS) is 11.4. The van der Waals surface area contributed by atoms with Crippen LogP contribution >= 0.6 is 11.6 Å². The Morgan fingerprint density at radius 2 is 1.48 bits per heavy atom. The largest absolute Gasteiger partial charge is 0.447 e. The first-order chi connectivity index (χ1) is 12.3. The van der Waals surface area contributed by atoms with Crippen LogP contribution in [0.1, 0.15) is 0 Å². The smallest absolute Gasteiger partial charge is 0.212 e. The topological polar surface area (TPSA) is 18.1 Å². The zero-order valence-corrected chi connectivity index (χ0v) is 14.1. The van der Waals surface area contributed by atoms with Crippen molar-refractivity contribution in [1.82, 2.24) is 4.57 Å². The van der Waals surface area contributed by atoms with Crippen LogP contribution in [0, 0.1) is 0 Å². The Morgan fingerprint density at radius 1 is 0.760 bits per heavy atom. The van der Waals surface area contributed by atoms with E-state index in [9.17, 15) is 0 Å². The third-order valence-corrected chi connectivity index (χ3v) is 4.79. The van der Waals surface area contributed by atoms with Crippen LogP contribution in [0.4, 0.5) is 0 Å². The minimum absolute atomic E-state index is 0.731. The molecule has 0 fully saturated rings. The molecule has 2 nitrogen and oxygen atoms in total. The summed E-state index contributed by atoms with van der Waals surface area (Å²) in [5, 5.41) is 4.10. The average molecular weight is 344 g/mol. The molecule has 25 heavy (non-hydrogen) atoms. The van der Waals surface area contributed by atoms with Crippen LogP contribution in [0.2, 0.25) is 5.02 Å². The second kappa shape index (κ2) is 5.54. The second-order valence-corrected chi connectivity index (χ2v) is 6.50. The summed E-state index contributed by atoms with van der Waals surface area (Å²) in [4.78, 5) is 0. The first-order valence-electron chi connectivity index (χ1n) is 8.14. The van der Waals surface area contributed by atoms with Crippen molar-refractivity contribution in [2.75, 3.05) is 0 Å². The van der Waals surface area contributed by atoms with Crippen molar-refractivity contribution >= 4 is 33.3 Å². The summed E-state index contributed by atoms with van der Waals surface area (Å²) in [7, 11) is 0. The molecule has 0 N–H and O–H groups in total. The fourth-order valence-electron chi connectivity index (χ4n) is 3.36. The highest BCUT2D eigenvalue weighted by Crippen LogP contribution is 2.35. The van der Waals surface area contributed by atoms with Crippen molar-refractivity contribution in [3.05, 3.63) is 90.1 Å². The van der Waals surface area contributed by atoms with E-state index in [4.69, 9.17) is 16.0 Å². The molecule has 0 aliphatic carbocycles. The SMILES string of the molecule is Clc1ccc(-c2cc3ccccc3n2-c2occ3ccccc23)cc1. The number of hydrogen-bond donors (Lipinski definition) is 0. The highest BCUT2D eigenvalue weighted by Gasteiger charge is 2.16. The predicted molar refractivity (Wildman–Crippen MR) is 103 cm³/mol. The quantitative estimate of drug-likeness (QED) is 0.349. The van der Waals surface area contributed by atoms with Crippen LogP contribution in [-0.4, -0.2) is 4.57 Å². The van der Waals surface area contributed by atoms with Gasteiger partial charge in [0.05, 0.1) is 11.2 Å². The summed E-state index contributed by atoms with van der Waals surface area (Å²) in [6, 6.07) is 26.7. The second-order valence-electron chi connectivity index (χ2n) is 6.06. The van der Waals surface area contributed by atoms with Crippen molar-refractivity contribution in [2.24, 2.45) is 0 Å². The summed E-state index contributed by atoms with van der Waals surface area (Å²) in [6.07, 6.45) is 1.81. The zero-order chi connectivity index (χ0) is 16.8. The van der Waals surface area contributed by atoms with E-state index in [0.29, 0.717) is 0 Å². The van der Waals surface area contributed by atoms with Crippen LogP contribution in [0.5, 0.6) is 0 Å². The molecule has 5 aromatic rings. The van der Waals surface area contributed by atoms with Gasteiger partial charge in [0, 0.05) is 21.2 Å². The molecule has 0 radical (unpaired) electrons. The van der Waals surface area contributed by atoms with Crippen LogP contribution in [0.3, 0.4) is 0 Å². The van der Waals surface area contributed by atoms with E-state index in [-0.39, 0.29) is 0 Å². The van der Waals surface area contributed by atoms with Gasteiger partial charge >= 0.3 is 0 Å². The molecule has 0 atom stereocenters. The molecule has 0 saturated heterocycles. The Hall–Kier alpha value is -2.97. The number of aromatic nitrogens is 1. The first-order valence-corrected chi connectivity index (χ1v) is 8.52. The molecule has 3 heteroatoms. The van der Waals surface area contributed by atoms with Gasteiger partial charge in [-0.1, -0.05) is 60.1 Å². The Morgan fingerprint density at radius 3 is 2.32 bits per heavy atom. The maximum Gasteiger partial charge on any atom is 0.212 e. The summed E-state index contributed by atoms with van der Waals surface area (Å²) in [6.45, 7) is 0. The number of fused-ring (bicyclic) bond motifs is 2. The number of nitrogens with zero attached hydrogens (tertiary/aromatic N) is 1. The molecule has 0 amide bonds. The maximum absolute atomic E-state index is 6.07. The molecule has 2 aromatic heterocycles. The van der Waals surface area contributed by atoms with E-state index < -0.39 is 0 Å². The monoisotopic (exact) mass is 343 g/mol. The fraction of sp³-hybridized carbons (Fsp3) is 0. The molecule has 120 valence electrons. The average Bonchev–Trinajstić information content (AvgIpc) is 3.23. The molecular formula is C22H14ClNO. The molecule has 2 heterocycles. The minimum Gasteiger partial charge on any atom is -0.447 e. The highest BCUT2D eigenvalue weighted by atomic mass is 35.5. The van der Waals surface area contributed by atoms with E-state index in [0.717, 1.165) is 38.5 Å². The van der Waals surface area contributed by atoms with E-state index in [2.05, 4.69) is 47.0 Å². The first kappa shape index (κ1) is 14.4. The van der Waals surface area contributed by atoms with Gasteiger partial charge in [-0.25, -0.2) is 0 Å². The third kappa shape index (κ3) is 2.26. The van der Waals surface area contributed by atoms with Gasteiger partial charge in [-0.15, -0.1) is 0 Å². The van der Waals surface area contributed by atoms with Gasteiger partial charge in [0.25, 0.3) is 0 Å². The predicted octanol–water partition coefficient (Wildman–Crippen LogP) is 6.70. The molecule has 5 rings (SSSR count). The molecule has 0 aliphatic heterocycles. The Balaban J connectivity index is 1.87. The lowest BCUT2D eigenvalue weighted by atomic mass is 10.1. The molecule has 0 spiro atoms. The molecule has 0 unspecified atom stereocenters. The molecule has 0 bridgehead atoms. The molecule has 3 aromatic carbocycles. The van der Waals surface area contributed by atoms with Crippen LogP contribution in [0.25, 0.3) is 38.8 Å². The number of rotatable bonds is 2. The maximum atomic E-state index is 6.07. The number of halogens is 1. The van der Waals surface area contributed by atoms with Crippen molar-refractivity contribution in [1.29, 1.82) is 0 Å². The van der Waals surface area contributed by atoms with Crippen molar-refractivity contribution in [2.45, 2.75) is 0 Å². The van der Waals surface area contributed by atoms with Gasteiger partial charge in [0.15, 0.2) is 0 Å². The van der Waals surface area contributed by atoms with Gasteiger partial charge in [-0.3, -0.25) is 4.57 Å². The minimum atomic E-state index is 0.731. The molecule has 0 saturated carbocycles. The lowest BCUT2D eigenvalue weighted by molar-refractivity contribution is 0.549. The summed E-state index contributed by atoms with van der Waals surface area (Å²) >= 11 is 6.07. The summed E-state index contributed by atoms with van der Waals surface area (Å²) < 4.78 is 8.17. The summed E-state index contributed by atoms with van der Waals surface area (Å²) in [5.41, 5.74) is 3.30. The number of benzene rings is 3. The Bertz CT molecular complexity index is 1200. The van der Waals surface area contributed by atoms with Gasteiger partial charge in [0.1, 0.15) is 6.26 Å². The van der Waals surface area contributed by atoms with Gasteiger partial charge in [-0.05, 0) is 35.9 Å². The van der Waals surface area contributed by atoms with Gasteiger partial charge in [-0.2, -0.15) is 0 Å². The van der Waals surface area contributed by atoms with Crippen LogP contribution in [0.15, 0.2) is 89.5 Å². The van der Waals surface area contributed by atoms with Crippen molar-refractivity contribution in [3.63, 3.8) is 0 Å². The van der Waals surface area contributed by atoms with Gasteiger partial charge < -0.3 is 4.42 Å². The Kier molecular flexibility index (Phi) is 3.19. The van der Waals surface area contributed by atoms with Crippen molar-refractivity contribution in [3.8, 4) is 17.1 Å². The van der Waals surface area contributed by atoms with E-state index in [1.807, 2.05) is 42.7 Å². The van der Waals surface area contributed by atoms with Crippen LogP contribution < -0.4 is 0 Å². The Labute approximate surface area is 149 Å². The number of furan rings is 1. The third-order valence-electron chi connectivity index (χ3n) is 4.54. The number of hydrogen-bond acceptors (Lipinski definition) is 1. The van der Waals surface area contributed by atoms with E-state index >= 15 is 0 Å².